The van der Waals surface area contributed by atoms with Crippen LogP contribution in [0.15, 0.2) is 53.7 Å². The molecule has 2 aromatic carbocycles. The molecule has 0 N–H and O–H groups in total. The van der Waals surface area contributed by atoms with Gasteiger partial charge < -0.3 is 9.30 Å². The van der Waals surface area contributed by atoms with Crippen LogP contribution in [-0.2, 0) is 7.05 Å². The first kappa shape index (κ1) is 14.5. The lowest BCUT2D eigenvalue weighted by Gasteiger charge is -2.06. The van der Waals surface area contributed by atoms with E-state index in [0.29, 0.717) is 12.2 Å². The van der Waals surface area contributed by atoms with E-state index in [9.17, 15) is 0 Å². The van der Waals surface area contributed by atoms with Gasteiger partial charge >= 0.3 is 0 Å². The molecule has 1 aromatic heterocycles. The zero-order valence-electron chi connectivity index (χ0n) is 12.2. The van der Waals surface area contributed by atoms with Crippen LogP contribution in [0.1, 0.15) is 5.56 Å². The van der Waals surface area contributed by atoms with Crippen molar-refractivity contribution in [1.29, 1.82) is 5.26 Å². The molecule has 0 fully saturated rings. The summed E-state index contributed by atoms with van der Waals surface area (Å²) >= 11 is 1.67. The summed E-state index contributed by atoms with van der Waals surface area (Å²) in [7, 11) is 2.03. The third-order valence-electron chi connectivity index (χ3n) is 3.31. The summed E-state index contributed by atoms with van der Waals surface area (Å²) in [4.78, 5) is 4.61. The van der Waals surface area contributed by atoms with Gasteiger partial charge in [0.05, 0.1) is 29.3 Å². The van der Waals surface area contributed by atoms with E-state index in [2.05, 4.69) is 21.7 Å². The molecule has 22 heavy (non-hydrogen) atoms. The Balaban J connectivity index is 1.56. The van der Waals surface area contributed by atoms with E-state index in [1.165, 1.54) is 0 Å². The summed E-state index contributed by atoms with van der Waals surface area (Å²) < 4.78 is 7.77. The summed E-state index contributed by atoms with van der Waals surface area (Å²) in [6, 6.07) is 17.4. The number of ether oxygens (including phenoxy) is 1. The number of nitriles is 1. The van der Waals surface area contributed by atoms with Gasteiger partial charge in [0.1, 0.15) is 5.75 Å². The van der Waals surface area contributed by atoms with Crippen LogP contribution in [0.25, 0.3) is 11.0 Å². The van der Waals surface area contributed by atoms with Crippen molar-refractivity contribution in [3.8, 4) is 11.8 Å². The number of nitrogens with zero attached hydrogens (tertiary/aromatic N) is 3. The number of aryl methyl sites for hydroxylation is 1. The topological polar surface area (TPSA) is 50.8 Å². The van der Waals surface area contributed by atoms with Crippen molar-refractivity contribution >= 4 is 22.8 Å². The van der Waals surface area contributed by atoms with E-state index in [-0.39, 0.29) is 0 Å². The van der Waals surface area contributed by atoms with Gasteiger partial charge in [0.25, 0.3) is 0 Å². The lowest BCUT2D eigenvalue weighted by Crippen LogP contribution is -2.01. The molecule has 0 unspecified atom stereocenters. The van der Waals surface area contributed by atoms with Gasteiger partial charge in [-0.05, 0) is 36.4 Å². The largest absolute Gasteiger partial charge is 0.493 e. The molecule has 110 valence electrons. The Hall–Kier alpha value is -2.45. The average Bonchev–Trinajstić information content (AvgIpc) is 2.89. The summed E-state index contributed by atoms with van der Waals surface area (Å²) in [5, 5.41) is 9.74. The average molecular weight is 309 g/mol. The summed E-state index contributed by atoms with van der Waals surface area (Å²) in [6.45, 7) is 0.597. The quantitative estimate of drug-likeness (QED) is 0.533. The second-order valence-electron chi connectivity index (χ2n) is 4.78. The molecule has 0 bridgehead atoms. The summed E-state index contributed by atoms with van der Waals surface area (Å²) in [5.74, 6) is 1.60. The number of fused-ring (bicyclic) bond motifs is 1. The minimum absolute atomic E-state index is 0.597. The van der Waals surface area contributed by atoms with Gasteiger partial charge in [-0.3, -0.25) is 0 Å². The molecule has 0 amide bonds. The van der Waals surface area contributed by atoms with Crippen LogP contribution in [0.2, 0.25) is 0 Å². The zero-order chi connectivity index (χ0) is 15.4. The Morgan fingerprint density at radius 2 is 1.95 bits per heavy atom. The highest BCUT2D eigenvalue weighted by Gasteiger charge is 2.07. The second kappa shape index (κ2) is 6.54. The summed E-state index contributed by atoms with van der Waals surface area (Å²) in [5.41, 5.74) is 2.79. The number of para-hydroxylation sites is 2. The predicted octanol–water partition coefficient (Wildman–Crippen LogP) is 3.62. The Morgan fingerprint density at radius 1 is 1.18 bits per heavy atom. The molecule has 0 atom stereocenters. The van der Waals surface area contributed by atoms with Gasteiger partial charge in [0.2, 0.25) is 0 Å². The van der Waals surface area contributed by atoms with Crippen molar-refractivity contribution in [3.63, 3.8) is 0 Å². The van der Waals surface area contributed by atoms with Crippen molar-refractivity contribution in [1.82, 2.24) is 9.55 Å². The summed E-state index contributed by atoms with van der Waals surface area (Å²) in [6.07, 6.45) is 0. The highest BCUT2D eigenvalue weighted by atomic mass is 32.2. The number of benzene rings is 2. The maximum atomic E-state index is 8.75. The Morgan fingerprint density at radius 3 is 2.68 bits per heavy atom. The van der Waals surface area contributed by atoms with Gasteiger partial charge in [0, 0.05) is 12.8 Å². The molecule has 0 aliphatic heterocycles. The van der Waals surface area contributed by atoms with Gasteiger partial charge in [-0.1, -0.05) is 23.9 Å². The first-order valence-corrected chi connectivity index (χ1v) is 7.94. The molecule has 3 rings (SSSR count). The van der Waals surface area contributed by atoms with Gasteiger partial charge in [-0.2, -0.15) is 5.26 Å². The maximum absolute atomic E-state index is 8.75. The number of hydrogen-bond donors (Lipinski definition) is 0. The van der Waals surface area contributed by atoms with E-state index in [4.69, 9.17) is 10.00 Å². The van der Waals surface area contributed by atoms with Crippen LogP contribution in [-0.4, -0.2) is 21.9 Å². The van der Waals surface area contributed by atoms with Crippen molar-refractivity contribution < 1.29 is 4.74 Å². The predicted molar refractivity (Wildman–Crippen MR) is 88.1 cm³/mol. The Labute approximate surface area is 133 Å². The first-order valence-electron chi connectivity index (χ1n) is 6.95. The monoisotopic (exact) mass is 309 g/mol. The molecule has 3 aromatic rings. The molecular weight excluding hydrogens is 294 g/mol. The van der Waals surface area contributed by atoms with Crippen LogP contribution in [0.3, 0.4) is 0 Å². The molecule has 5 heteroatoms. The van der Waals surface area contributed by atoms with Crippen LogP contribution < -0.4 is 4.74 Å². The fourth-order valence-electron chi connectivity index (χ4n) is 2.17. The number of aromatic nitrogens is 2. The SMILES string of the molecule is Cn1c(SCCOc2ccc(C#N)cc2)nc2ccccc21. The minimum Gasteiger partial charge on any atom is -0.493 e. The van der Waals surface area contributed by atoms with E-state index >= 15 is 0 Å². The van der Waals surface area contributed by atoms with Crippen LogP contribution in [0.4, 0.5) is 0 Å². The third kappa shape index (κ3) is 3.07. The molecule has 0 radical (unpaired) electrons. The van der Waals surface area contributed by atoms with Crippen molar-refractivity contribution in [2.24, 2.45) is 7.05 Å². The molecule has 0 aliphatic carbocycles. The molecule has 4 nitrogen and oxygen atoms in total. The highest BCUT2D eigenvalue weighted by Crippen LogP contribution is 2.22. The lowest BCUT2D eigenvalue weighted by molar-refractivity contribution is 0.344. The number of hydrogen-bond acceptors (Lipinski definition) is 4. The second-order valence-corrected chi connectivity index (χ2v) is 5.84. The van der Waals surface area contributed by atoms with Crippen molar-refractivity contribution in [3.05, 3.63) is 54.1 Å². The van der Waals surface area contributed by atoms with Crippen LogP contribution in [0, 0.1) is 11.3 Å². The van der Waals surface area contributed by atoms with E-state index in [1.807, 2.05) is 37.4 Å². The van der Waals surface area contributed by atoms with E-state index in [0.717, 1.165) is 27.7 Å². The highest BCUT2D eigenvalue weighted by molar-refractivity contribution is 7.99. The molecular formula is C17H15N3OS. The number of thioether (sulfide) groups is 1. The minimum atomic E-state index is 0.597. The molecule has 0 spiro atoms. The molecule has 0 saturated heterocycles. The zero-order valence-corrected chi connectivity index (χ0v) is 13.0. The Kier molecular flexibility index (Phi) is 4.31. The fourth-order valence-corrected chi connectivity index (χ4v) is 2.97. The smallest absolute Gasteiger partial charge is 0.168 e. The van der Waals surface area contributed by atoms with Crippen LogP contribution in [0.5, 0.6) is 5.75 Å². The van der Waals surface area contributed by atoms with Crippen molar-refractivity contribution in [2.75, 3.05) is 12.4 Å². The molecule has 0 saturated carbocycles. The van der Waals surface area contributed by atoms with E-state index < -0.39 is 0 Å². The lowest BCUT2D eigenvalue weighted by atomic mass is 10.2. The van der Waals surface area contributed by atoms with Crippen LogP contribution >= 0.6 is 11.8 Å². The van der Waals surface area contributed by atoms with Gasteiger partial charge in [-0.15, -0.1) is 0 Å². The maximum Gasteiger partial charge on any atom is 0.168 e. The van der Waals surface area contributed by atoms with Gasteiger partial charge in [0.15, 0.2) is 5.16 Å². The number of imidazole rings is 1. The van der Waals surface area contributed by atoms with Gasteiger partial charge in [-0.25, -0.2) is 4.98 Å². The fraction of sp³-hybridized carbons (Fsp3) is 0.176. The van der Waals surface area contributed by atoms with E-state index in [1.54, 1.807) is 23.9 Å². The number of rotatable bonds is 5. The molecule has 0 aliphatic rings. The molecule has 1 heterocycles. The third-order valence-corrected chi connectivity index (χ3v) is 4.31. The van der Waals surface area contributed by atoms with Crippen molar-refractivity contribution in [2.45, 2.75) is 5.16 Å². The standard InChI is InChI=1S/C17H15N3OS/c1-20-16-5-3-2-4-15(16)19-17(20)22-11-10-21-14-8-6-13(12-18)7-9-14/h2-9H,10-11H2,1H3. The Bertz CT molecular complexity index is 818. The normalized spacial score (nSPS) is 10.5. The first-order chi connectivity index (χ1) is 10.8.